The monoisotopic (exact) mass is 396 g/mol. The third-order valence-corrected chi connectivity index (χ3v) is 5.47. The van der Waals surface area contributed by atoms with Crippen molar-refractivity contribution in [1.82, 2.24) is 14.7 Å². The molecule has 146 valence electrons. The first-order valence-corrected chi connectivity index (χ1v) is 10.8. The highest BCUT2D eigenvalue weighted by Crippen LogP contribution is 2.20. The van der Waals surface area contributed by atoms with Crippen molar-refractivity contribution in [2.75, 3.05) is 17.6 Å². The molecule has 3 rings (SSSR count). The summed E-state index contributed by atoms with van der Waals surface area (Å²) in [5, 5.41) is 4.29. The van der Waals surface area contributed by atoms with Crippen molar-refractivity contribution in [2.45, 2.75) is 19.4 Å². The second-order valence-corrected chi connectivity index (χ2v) is 8.26. The Morgan fingerprint density at radius 2 is 1.75 bits per heavy atom. The van der Waals surface area contributed by atoms with E-state index >= 15 is 0 Å². The SMILES string of the molecule is C=CCS(=O)(=O)NCc1nc(NCCCc2ccccc2)c2ccccc2n1. The molecule has 6 nitrogen and oxygen atoms in total. The number of rotatable bonds is 10. The van der Waals surface area contributed by atoms with Gasteiger partial charge < -0.3 is 5.32 Å². The zero-order valence-electron chi connectivity index (χ0n) is 15.6. The van der Waals surface area contributed by atoms with E-state index < -0.39 is 10.0 Å². The molecule has 0 amide bonds. The topological polar surface area (TPSA) is 84.0 Å². The highest BCUT2D eigenvalue weighted by molar-refractivity contribution is 7.89. The number of hydrogen-bond acceptors (Lipinski definition) is 5. The largest absolute Gasteiger partial charge is 0.369 e. The molecule has 0 aliphatic rings. The third kappa shape index (κ3) is 5.61. The van der Waals surface area contributed by atoms with E-state index in [1.807, 2.05) is 42.5 Å². The number of para-hydroxylation sites is 1. The van der Waals surface area contributed by atoms with Crippen LogP contribution in [0.25, 0.3) is 10.9 Å². The van der Waals surface area contributed by atoms with Gasteiger partial charge in [-0.2, -0.15) is 0 Å². The molecule has 3 aromatic rings. The Kier molecular flexibility index (Phi) is 6.73. The summed E-state index contributed by atoms with van der Waals surface area (Å²) in [6, 6.07) is 18.0. The average molecular weight is 397 g/mol. The van der Waals surface area contributed by atoms with Crippen LogP contribution in [0.3, 0.4) is 0 Å². The van der Waals surface area contributed by atoms with Crippen LogP contribution in [0.15, 0.2) is 67.3 Å². The van der Waals surface area contributed by atoms with E-state index in [0.717, 1.165) is 36.1 Å². The Morgan fingerprint density at radius 3 is 2.54 bits per heavy atom. The highest BCUT2D eigenvalue weighted by Gasteiger charge is 2.11. The third-order valence-electron chi connectivity index (χ3n) is 4.21. The van der Waals surface area contributed by atoms with Crippen molar-refractivity contribution in [3.8, 4) is 0 Å². The minimum absolute atomic E-state index is 0.0414. The van der Waals surface area contributed by atoms with Gasteiger partial charge in [0, 0.05) is 11.9 Å². The first-order valence-electron chi connectivity index (χ1n) is 9.19. The van der Waals surface area contributed by atoms with Crippen LogP contribution in [0, 0.1) is 0 Å². The predicted octanol–water partition coefficient (Wildman–Crippen LogP) is 3.28. The molecule has 2 aromatic carbocycles. The fourth-order valence-electron chi connectivity index (χ4n) is 2.87. The van der Waals surface area contributed by atoms with Gasteiger partial charge in [-0.25, -0.2) is 23.1 Å². The van der Waals surface area contributed by atoms with Gasteiger partial charge in [0.25, 0.3) is 0 Å². The van der Waals surface area contributed by atoms with Crippen LogP contribution in [0.5, 0.6) is 0 Å². The second kappa shape index (κ2) is 9.43. The molecular weight excluding hydrogens is 372 g/mol. The Bertz CT molecular complexity index is 1040. The molecule has 0 saturated carbocycles. The molecule has 1 heterocycles. The van der Waals surface area contributed by atoms with E-state index in [-0.39, 0.29) is 12.3 Å². The van der Waals surface area contributed by atoms with Crippen LogP contribution in [0.4, 0.5) is 5.82 Å². The Morgan fingerprint density at radius 1 is 1.00 bits per heavy atom. The van der Waals surface area contributed by atoms with Crippen LogP contribution in [0.2, 0.25) is 0 Å². The number of sulfonamides is 1. The Labute approximate surface area is 165 Å². The van der Waals surface area contributed by atoms with Crippen LogP contribution < -0.4 is 10.0 Å². The summed E-state index contributed by atoms with van der Waals surface area (Å²) in [4.78, 5) is 9.00. The van der Waals surface area contributed by atoms with Gasteiger partial charge in [0.05, 0.1) is 17.8 Å². The maximum Gasteiger partial charge on any atom is 0.215 e. The van der Waals surface area contributed by atoms with Crippen molar-refractivity contribution in [1.29, 1.82) is 0 Å². The molecule has 2 N–H and O–H groups in total. The normalized spacial score (nSPS) is 11.4. The number of anilines is 1. The van der Waals surface area contributed by atoms with E-state index in [1.165, 1.54) is 11.6 Å². The lowest BCUT2D eigenvalue weighted by Gasteiger charge is -2.11. The summed E-state index contributed by atoms with van der Waals surface area (Å²) >= 11 is 0. The summed E-state index contributed by atoms with van der Waals surface area (Å²) < 4.78 is 26.2. The number of nitrogens with zero attached hydrogens (tertiary/aromatic N) is 2. The molecule has 0 aliphatic carbocycles. The van der Waals surface area contributed by atoms with Gasteiger partial charge in [-0.15, -0.1) is 6.58 Å². The number of aromatic nitrogens is 2. The van der Waals surface area contributed by atoms with E-state index in [4.69, 9.17) is 0 Å². The maximum absolute atomic E-state index is 11.8. The van der Waals surface area contributed by atoms with Gasteiger partial charge >= 0.3 is 0 Å². The predicted molar refractivity (Wildman–Crippen MR) is 114 cm³/mol. The lowest BCUT2D eigenvalue weighted by molar-refractivity contribution is 0.582. The van der Waals surface area contributed by atoms with Crippen LogP contribution in [-0.4, -0.2) is 30.7 Å². The van der Waals surface area contributed by atoms with Gasteiger partial charge in [0.1, 0.15) is 11.6 Å². The maximum atomic E-state index is 11.8. The van der Waals surface area contributed by atoms with Crippen LogP contribution in [-0.2, 0) is 23.0 Å². The van der Waals surface area contributed by atoms with Gasteiger partial charge in [-0.05, 0) is 30.5 Å². The number of nitrogens with one attached hydrogen (secondary N) is 2. The Balaban J connectivity index is 1.70. The molecule has 0 saturated heterocycles. The molecule has 0 atom stereocenters. The molecule has 1 aromatic heterocycles. The number of benzene rings is 2. The van der Waals surface area contributed by atoms with E-state index in [2.05, 4.69) is 38.7 Å². The highest BCUT2D eigenvalue weighted by atomic mass is 32.2. The molecule has 0 spiro atoms. The smallest absolute Gasteiger partial charge is 0.215 e. The van der Waals surface area contributed by atoms with Crippen molar-refractivity contribution >= 4 is 26.7 Å². The summed E-state index contributed by atoms with van der Waals surface area (Å²) in [6.07, 6.45) is 3.29. The minimum Gasteiger partial charge on any atom is -0.369 e. The minimum atomic E-state index is -3.42. The van der Waals surface area contributed by atoms with Gasteiger partial charge in [0.15, 0.2) is 0 Å². The second-order valence-electron chi connectivity index (χ2n) is 6.41. The van der Waals surface area contributed by atoms with Crippen molar-refractivity contribution in [2.24, 2.45) is 0 Å². The zero-order chi connectivity index (χ0) is 19.8. The Hall–Kier alpha value is -2.77. The lowest BCUT2D eigenvalue weighted by atomic mass is 10.1. The van der Waals surface area contributed by atoms with Crippen molar-refractivity contribution in [3.05, 3.63) is 78.6 Å². The number of fused-ring (bicyclic) bond motifs is 1. The zero-order valence-corrected chi connectivity index (χ0v) is 16.5. The van der Waals surface area contributed by atoms with E-state index in [9.17, 15) is 8.42 Å². The average Bonchev–Trinajstić information content (AvgIpc) is 2.70. The van der Waals surface area contributed by atoms with Gasteiger partial charge in [0.2, 0.25) is 10.0 Å². The molecular formula is C21H24N4O2S. The fraction of sp³-hybridized carbons (Fsp3) is 0.238. The molecule has 0 radical (unpaired) electrons. The van der Waals surface area contributed by atoms with Gasteiger partial charge in [-0.1, -0.05) is 48.5 Å². The van der Waals surface area contributed by atoms with Crippen molar-refractivity contribution < 1.29 is 8.42 Å². The number of hydrogen-bond donors (Lipinski definition) is 2. The number of aryl methyl sites for hydroxylation is 1. The first kappa shape index (κ1) is 20.0. The summed E-state index contributed by atoms with van der Waals surface area (Å²) in [7, 11) is -3.42. The summed E-state index contributed by atoms with van der Waals surface area (Å²) in [6.45, 7) is 4.26. The van der Waals surface area contributed by atoms with Gasteiger partial charge in [-0.3, -0.25) is 0 Å². The van der Waals surface area contributed by atoms with Crippen LogP contribution in [0.1, 0.15) is 17.8 Å². The first-order chi connectivity index (χ1) is 13.6. The standard InChI is InChI=1S/C21H24N4O2S/c1-2-15-28(26,27)23-16-20-24-19-13-7-6-12-18(19)21(25-20)22-14-8-11-17-9-4-3-5-10-17/h2-7,9-10,12-13,23H,1,8,11,14-16H2,(H,22,24,25). The molecule has 0 aliphatic heterocycles. The quantitative estimate of drug-likeness (QED) is 0.406. The summed E-state index contributed by atoms with van der Waals surface area (Å²) in [5.74, 6) is 1.01. The molecule has 0 unspecified atom stereocenters. The molecule has 7 heteroatoms. The summed E-state index contributed by atoms with van der Waals surface area (Å²) in [5.41, 5.74) is 2.08. The van der Waals surface area contributed by atoms with Crippen LogP contribution >= 0.6 is 0 Å². The van der Waals surface area contributed by atoms with Crippen molar-refractivity contribution in [3.63, 3.8) is 0 Å². The van der Waals surface area contributed by atoms with E-state index in [0.29, 0.717) is 5.82 Å². The lowest BCUT2D eigenvalue weighted by Crippen LogP contribution is -2.26. The molecule has 0 fully saturated rings. The molecule has 0 bridgehead atoms. The van der Waals surface area contributed by atoms with E-state index in [1.54, 1.807) is 0 Å². The fourth-order valence-corrected chi connectivity index (χ4v) is 3.65. The molecule has 28 heavy (non-hydrogen) atoms.